The summed E-state index contributed by atoms with van der Waals surface area (Å²) in [4.78, 5) is 14.1. The van der Waals surface area contributed by atoms with Gasteiger partial charge in [-0.3, -0.25) is 13.9 Å². The van der Waals surface area contributed by atoms with E-state index < -0.39 is 0 Å². The van der Waals surface area contributed by atoms with Gasteiger partial charge in [-0.2, -0.15) is 5.10 Å². The maximum absolute atomic E-state index is 13.0. The van der Waals surface area contributed by atoms with Crippen LogP contribution in [0.15, 0.2) is 48.0 Å². The molecule has 8 heteroatoms. The third kappa shape index (κ3) is 3.55. The van der Waals surface area contributed by atoms with E-state index >= 15 is 0 Å². The summed E-state index contributed by atoms with van der Waals surface area (Å²) < 4.78 is 3.55. The average Bonchev–Trinajstić information content (AvgIpc) is 3.40. The number of hydrogen-bond donors (Lipinski definition) is 1. The van der Waals surface area contributed by atoms with E-state index in [1.807, 2.05) is 52.4 Å². The standard InChI is InChI=1S/C20H22N6OS/c1-13(2)11-15(19-23-22-18-8-4-5-9-26(18)19)21-20(27)16-12-14(24-25(16)3)17-7-6-10-28-17/h4-10,12-13,15H,11H2,1-3H3,(H,21,27)/t15-/m1/s1. The number of pyridine rings is 1. The molecule has 0 saturated carbocycles. The normalized spacial score (nSPS) is 12.6. The van der Waals surface area contributed by atoms with Crippen molar-refractivity contribution in [2.24, 2.45) is 13.0 Å². The maximum atomic E-state index is 13.0. The van der Waals surface area contributed by atoms with Gasteiger partial charge in [0.05, 0.1) is 10.9 Å². The van der Waals surface area contributed by atoms with Crippen molar-refractivity contribution in [2.45, 2.75) is 26.3 Å². The Hall–Kier alpha value is -3.00. The van der Waals surface area contributed by atoms with Gasteiger partial charge in [0.15, 0.2) is 11.5 Å². The quantitative estimate of drug-likeness (QED) is 0.541. The van der Waals surface area contributed by atoms with Gasteiger partial charge in [0.2, 0.25) is 0 Å². The molecule has 0 aliphatic heterocycles. The van der Waals surface area contributed by atoms with Gasteiger partial charge in [0, 0.05) is 13.2 Å². The number of carbonyl (C=O) groups is 1. The summed E-state index contributed by atoms with van der Waals surface area (Å²) >= 11 is 1.60. The monoisotopic (exact) mass is 394 g/mol. The van der Waals surface area contributed by atoms with Crippen LogP contribution in [-0.4, -0.2) is 30.3 Å². The number of aryl methyl sites for hydroxylation is 1. The number of thiophene rings is 1. The summed E-state index contributed by atoms with van der Waals surface area (Å²) in [5.74, 6) is 0.948. The molecule has 1 atom stereocenters. The molecule has 4 rings (SSSR count). The first-order chi connectivity index (χ1) is 13.5. The van der Waals surface area contributed by atoms with Crippen LogP contribution in [0.5, 0.6) is 0 Å². The molecule has 0 saturated heterocycles. The molecule has 28 heavy (non-hydrogen) atoms. The molecule has 0 aromatic carbocycles. The second kappa shape index (κ2) is 7.55. The van der Waals surface area contributed by atoms with Gasteiger partial charge < -0.3 is 5.32 Å². The number of carbonyl (C=O) groups excluding carboxylic acids is 1. The molecular formula is C20H22N6OS. The van der Waals surface area contributed by atoms with E-state index in [0.717, 1.165) is 28.5 Å². The van der Waals surface area contributed by atoms with Crippen LogP contribution < -0.4 is 5.32 Å². The Morgan fingerprint density at radius 2 is 2.07 bits per heavy atom. The largest absolute Gasteiger partial charge is 0.341 e. The molecule has 1 N–H and O–H groups in total. The summed E-state index contributed by atoms with van der Waals surface area (Å²) in [6, 6.07) is 11.3. The van der Waals surface area contributed by atoms with Gasteiger partial charge >= 0.3 is 0 Å². The molecule has 0 fully saturated rings. The van der Waals surface area contributed by atoms with Gasteiger partial charge in [0.1, 0.15) is 11.4 Å². The first kappa shape index (κ1) is 18.4. The summed E-state index contributed by atoms with van der Waals surface area (Å²) in [7, 11) is 1.79. The van der Waals surface area contributed by atoms with Gasteiger partial charge in [0.25, 0.3) is 5.91 Å². The minimum absolute atomic E-state index is 0.170. The molecule has 4 aromatic rings. The first-order valence-corrected chi connectivity index (χ1v) is 10.1. The van der Waals surface area contributed by atoms with Crippen LogP contribution in [0, 0.1) is 5.92 Å². The first-order valence-electron chi connectivity index (χ1n) is 9.21. The highest BCUT2D eigenvalue weighted by atomic mass is 32.1. The third-order valence-electron chi connectivity index (χ3n) is 4.55. The van der Waals surface area contributed by atoms with Crippen LogP contribution in [0.2, 0.25) is 0 Å². The van der Waals surface area contributed by atoms with E-state index in [1.165, 1.54) is 0 Å². The van der Waals surface area contributed by atoms with Crippen molar-refractivity contribution in [2.75, 3.05) is 0 Å². The van der Waals surface area contributed by atoms with Gasteiger partial charge in [-0.1, -0.05) is 26.0 Å². The Labute approximate surface area is 167 Å². The van der Waals surface area contributed by atoms with Crippen molar-refractivity contribution in [1.82, 2.24) is 29.7 Å². The second-order valence-electron chi connectivity index (χ2n) is 7.16. The zero-order valence-corrected chi connectivity index (χ0v) is 16.8. The SMILES string of the molecule is CC(C)C[C@@H](NC(=O)c1cc(-c2cccs2)nn1C)c1nnc2ccccn12. The molecule has 144 valence electrons. The molecule has 0 radical (unpaired) electrons. The Bertz CT molecular complexity index is 1100. The van der Waals surface area contributed by atoms with Gasteiger partial charge in [-0.05, 0) is 42.0 Å². The summed E-state index contributed by atoms with van der Waals surface area (Å²) in [6.45, 7) is 4.25. The van der Waals surface area contributed by atoms with Gasteiger partial charge in [-0.25, -0.2) is 0 Å². The molecule has 1 amide bonds. The third-order valence-corrected chi connectivity index (χ3v) is 5.44. The van der Waals surface area contributed by atoms with Crippen molar-refractivity contribution < 1.29 is 4.79 Å². The van der Waals surface area contributed by atoms with Crippen LogP contribution in [0.3, 0.4) is 0 Å². The Morgan fingerprint density at radius 3 is 2.82 bits per heavy atom. The number of fused-ring (bicyclic) bond motifs is 1. The molecular weight excluding hydrogens is 372 g/mol. The fraction of sp³-hybridized carbons (Fsp3) is 0.300. The smallest absolute Gasteiger partial charge is 0.270 e. The Morgan fingerprint density at radius 1 is 1.21 bits per heavy atom. The van der Waals surface area contributed by atoms with Crippen LogP contribution in [-0.2, 0) is 7.05 Å². The highest BCUT2D eigenvalue weighted by Gasteiger charge is 2.24. The lowest BCUT2D eigenvalue weighted by Crippen LogP contribution is -2.32. The number of rotatable bonds is 6. The minimum atomic E-state index is -0.245. The van der Waals surface area contributed by atoms with Crippen LogP contribution >= 0.6 is 11.3 Å². The minimum Gasteiger partial charge on any atom is -0.341 e. The van der Waals surface area contributed by atoms with Crippen LogP contribution in [0.1, 0.15) is 42.6 Å². The molecule has 0 aliphatic rings. The number of nitrogens with one attached hydrogen (secondary N) is 1. The van der Waals surface area contributed by atoms with Crippen LogP contribution in [0.4, 0.5) is 0 Å². The lowest BCUT2D eigenvalue weighted by Gasteiger charge is -2.19. The molecule has 0 aliphatic carbocycles. The molecule has 4 heterocycles. The predicted octanol–water partition coefficient (Wildman–Crippen LogP) is 3.71. The summed E-state index contributed by atoms with van der Waals surface area (Å²) in [5.41, 5.74) is 2.09. The molecule has 0 bridgehead atoms. The van der Waals surface area contributed by atoms with Crippen molar-refractivity contribution in [1.29, 1.82) is 0 Å². The van der Waals surface area contributed by atoms with Crippen molar-refractivity contribution in [3.05, 3.63) is 59.5 Å². The molecule has 4 aromatic heterocycles. The van der Waals surface area contributed by atoms with Gasteiger partial charge in [-0.15, -0.1) is 21.5 Å². The highest BCUT2D eigenvalue weighted by molar-refractivity contribution is 7.13. The topological polar surface area (TPSA) is 77.1 Å². The van der Waals surface area contributed by atoms with Crippen molar-refractivity contribution in [3.63, 3.8) is 0 Å². The lowest BCUT2D eigenvalue weighted by molar-refractivity contribution is 0.0920. The van der Waals surface area contributed by atoms with E-state index in [2.05, 4.69) is 34.5 Å². The Kier molecular flexibility index (Phi) is 4.95. The van der Waals surface area contributed by atoms with E-state index in [0.29, 0.717) is 11.6 Å². The number of aromatic nitrogens is 5. The van der Waals surface area contributed by atoms with Crippen LogP contribution in [0.25, 0.3) is 16.2 Å². The van der Waals surface area contributed by atoms with E-state index in [1.54, 1.807) is 23.1 Å². The zero-order chi connectivity index (χ0) is 19.7. The van der Waals surface area contributed by atoms with E-state index in [-0.39, 0.29) is 11.9 Å². The zero-order valence-electron chi connectivity index (χ0n) is 16.0. The number of nitrogens with zero attached hydrogens (tertiary/aromatic N) is 5. The van der Waals surface area contributed by atoms with E-state index in [4.69, 9.17) is 0 Å². The Balaban J connectivity index is 1.63. The number of hydrogen-bond acceptors (Lipinski definition) is 5. The molecule has 0 unspecified atom stereocenters. The fourth-order valence-corrected chi connectivity index (χ4v) is 3.94. The fourth-order valence-electron chi connectivity index (χ4n) is 3.25. The highest BCUT2D eigenvalue weighted by Crippen LogP contribution is 2.25. The average molecular weight is 395 g/mol. The number of amides is 1. The van der Waals surface area contributed by atoms with Crippen molar-refractivity contribution in [3.8, 4) is 10.6 Å². The molecule has 7 nitrogen and oxygen atoms in total. The predicted molar refractivity (Wildman–Crippen MR) is 109 cm³/mol. The summed E-state index contributed by atoms with van der Waals surface area (Å²) in [5, 5.41) is 18.2. The lowest BCUT2D eigenvalue weighted by atomic mass is 10.0. The second-order valence-corrected chi connectivity index (χ2v) is 8.11. The van der Waals surface area contributed by atoms with Crippen molar-refractivity contribution >= 4 is 22.9 Å². The summed E-state index contributed by atoms with van der Waals surface area (Å²) in [6.07, 6.45) is 2.68. The molecule has 0 spiro atoms. The van der Waals surface area contributed by atoms with E-state index in [9.17, 15) is 4.79 Å². The maximum Gasteiger partial charge on any atom is 0.270 e.